The fraction of sp³-hybridized carbons (Fsp3) is 0.350. The number of nitrogens with zero attached hydrogens (tertiary/aromatic N) is 2. The quantitative estimate of drug-likeness (QED) is 0.609. The van der Waals surface area contributed by atoms with Crippen LogP contribution in [-0.4, -0.2) is 35.5 Å². The lowest BCUT2D eigenvalue weighted by Gasteiger charge is -2.25. The van der Waals surface area contributed by atoms with Crippen molar-refractivity contribution < 1.29 is 19.2 Å². The first-order valence-electron chi connectivity index (χ1n) is 9.08. The van der Waals surface area contributed by atoms with Crippen LogP contribution in [0.2, 0.25) is 0 Å². The predicted octanol–water partition coefficient (Wildman–Crippen LogP) is 3.73. The summed E-state index contributed by atoms with van der Waals surface area (Å²) in [7, 11) is 0. The highest BCUT2D eigenvalue weighted by Crippen LogP contribution is 2.38. The number of hydrogen-bond acceptors (Lipinski definition) is 5. The van der Waals surface area contributed by atoms with E-state index in [0.717, 1.165) is 30.6 Å². The first-order valence-corrected chi connectivity index (χ1v) is 9.08. The molecule has 0 saturated carbocycles. The van der Waals surface area contributed by atoms with Crippen LogP contribution in [0.4, 0.5) is 5.69 Å². The molecule has 0 spiro atoms. The van der Waals surface area contributed by atoms with E-state index in [-0.39, 0.29) is 17.6 Å². The average Bonchev–Trinajstić information content (AvgIpc) is 3.06. The molecule has 2 aliphatic heterocycles. The maximum absolute atomic E-state index is 13.0. The molecule has 1 amide bonds. The van der Waals surface area contributed by atoms with Crippen LogP contribution in [-0.2, 0) is 0 Å². The van der Waals surface area contributed by atoms with Gasteiger partial charge in [-0.2, -0.15) is 0 Å². The van der Waals surface area contributed by atoms with E-state index in [0.29, 0.717) is 31.1 Å². The molecule has 1 saturated heterocycles. The van der Waals surface area contributed by atoms with Crippen LogP contribution < -0.4 is 9.47 Å². The lowest BCUT2D eigenvalue weighted by Crippen LogP contribution is -2.30. The molecule has 2 aromatic rings. The van der Waals surface area contributed by atoms with Gasteiger partial charge in [-0.05, 0) is 36.6 Å². The normalized spacial score (nSPS) is 18.8. The first kappa shape index (κ1) is 17.3. The van der Waals surface area contributed by atoms with Crippen LogP contribution in [0.3, 0.4) is 0 Å². The number of benzene rings is 2. The van der Waals surface area contributed by atoms with Crippen molar-refractivity contribution in [2.24, 2.45) is 0 Å². The Morgan fingerprint density at radius 1 is 1.07 bits per heavy atom. The standard InChI is InChI=1S/C20H20N2O5/c23-20(15-4-1-5-16(12-15)22(24)25)21-9-2-6-17(21)14-7-8-18-19(13-14)27-11-3-10-26-18/h1,4-5,7-8,12-13,17H,2-3,6,9-11H2. The van der Waals surface area contributed by atoms with Crippen molar-refractivity contribution in [3.05, 3.63) is 63.7 Å². The molecular weight excluding hydrogens is 348 g/mol. The summed E-state index contributed by atoms with van der Waals surface area (Å²) >= 11 is 0. The highest BCUT2D eigenvalue weighted by atomic mass is 16.6. The number of ether oxygens (including phenoxy) is 2. The Hall–Kier alpha value is -3.09. The van der Waals surface area contributed by atoms with Gasteiger partial charge in [0.1, 0.15) is 0 Å². The fourth-order valence-electron chi connectivity index (χ4n) is 3.66. The molecule has 2 aromatic carbocycles. The second kappa shape index (κ2) is 7.26. The van der Waals surface area contributed by atoms with E-state index in [1.54, 1.807) is 17.0 Å². The van der Waals surface area contributed by atoms with Crippen molar-refractivity contribution >= 4 is 11.6 Å². The highest BCUT2D eigenvalue weighted by molar-refractivity contribution is 5.95. The van der Waals surface area contributed by atoms with Gasteiger partial charge in [0.15, 0.2) is 11.5 Å². The summed E-state index contributed by atoms with van der Waals surface area (Å²) < 4.78 is 11.4. The molecule has 0 radical (unpaired) electrons. The van der Waals surface area contributed by atoms with Gasteiger partial charge in [0.25, 0.3) is 11.6 Å². The summed E-state index contributed by atoms with van der Waals surface area (Å²) in [6.45, 7) is 1.87. The molecule has 7 heteroatoms. The number of fused-ring (bicyclic) bond motifs is 1. The van der Waals surface area contributed by atoms with Gasteiger partial charge in [-0.1, -0.05) is 12.1 Å². The molecule has 4 rings (SSSR count). The van der Waals surface area contributed by atoms with Crippen LogP contribution in [0.5, 0.6) is 11.5 Å². The minimum atomic E-state index is -0.484. The molecule has 1 fully saturated rings. The molecule has 0 N–H and O–H groups in total. The molecule has 2 heterocycles. The summed E-state index contributed by atoms with van der Waals surface area (Å²) in [6, 6.07) is 11.6. The van der Waals surface area contributed by atoms with Crippen molar-refractivity contribution in [3.8, 4) is 11.5 Å². The zero-order chi connectivity index (χ0) is 18.8. The van der Waals surface area contributed by atoms with Crippen LogP contribution in [0.25, 0.3) is 0 Å². The zero-order valence-corrected chi connectivity index (χ0v) is 14.8. The zero-order valence-electron chi connectivity index (χ0n) is 14.8. The Kier molecular flexibility index (Phi) is 4.66. The largest absolute Gasteiger partial charge is 0.490 e. The van der Waals surface area contributed by atoms with E-state index in [9.17, 15) is 14.9 Å². The van der Waals surface area contributed by atoms with E-state index in [2.05, 4.69) is 0 Å². The van der Waals surface area contributed by atoms with Gasteiger partial charge in [-0.15, -0.1) is 0 Å². The maximum atomic E-state index is 13.0. The third-order valence-corrected chi connectivity index (χ3v) is 4.97. The van der Waals surface area contributed by atoms with Crippen molar-refractivity contribution in [1.29, 1.82) is 0 Å². The Balaban J connectivity index is 1.61. The van der Waals surface area contributed by atoms with Gasteiger partial charge in [-0.3, -0.25) is 14.9 Å². The van der Waals surface area contributed by atoms with Gasteiger partial charge in [0, 0.05) is 30.7 Å². The van der Waals surface area contributed by atoms with Crippen molar-refractivity contribution in [1.82, 2.24) is 4.90 Å². The SMILES string of the molecule is O=C(c1cccc([N+](=O)[O-])c1)N1CCCC1c1ccc2c(c1)OCCCO2. The molecular formula is C20H20N2O5. The lowest BCUT2D eigenvalue weighted by molar-refractivity contribution is -0.384. The second-order valence-electron chi connectivity index (χ2n) is 6.72. The summed E-state index contributed by atoms with van der Waals surface area (Å²) in [5.74, 6) is 1.25. The van der Waals surface area contributed by atoms with E-state index in [4.69, 9.17) is 9.47 Å². The molecule has 0 bridgehead atoms. The topological polar surface area (TPSA) is 81.9 Å². The number of carbonyl (C=O) groups is 1. The third-order valence-electron chi connectivity index (χ3n) is 4.97. The summed E-state index contributed by atoms with van der Waals surface area (Å²) in [4.78, 5) is 25.3. The third kappa shape index (κ3) is 3.45. The van der Waals surface area contributed by atoms with Crippen molar-refractivity contribution in [2.45, 2.75) is 25.3 Å². The summed E-state index contributed by atoms with van der Waals surface area (Å²) in [6.07, 6.45) is 2.57. The molecule has 0 aromatic heterocycles. The van der Waals surface area contributed by atoms with E-state index >= 15 is 0 Å². The van der Waals surface area contributed by atoms with Gasteiger partial charge in [0.05, 0.1) is 24.2 Å². The Labute approximate surface area is 156 Å². The molecule has 140 valence electrons. The average molecular weight is 368 g/mol. The minimum Gasteiger partial charge on any atom is -0.490 e. The van der Waals surface area contributed by atoms with Crippen LogP contribution in [0.15, 0.2) is 42.5 Å². The molecule has 27 heavy (non-hydrogen) atoms. The van der Waals surface area contributed by atoms with Crippen molar-refractivity contribution in [3.63, 3.8) is 0 Å². The predicted molar refractivity (Wildman–Crippen MR) is 98.2 cm³/mol. The number of amides is 1. The second-order valence-corrected chi connectivity index (χ2v) is 6.72. The van der Waals surface area contributed by atoms with Gasteiger partial charge >= 0.3 is 0 Å². The Morgan fingerprint density at radius 2 is 1.89 bits per heavy atom. The number of carbonyl (C=O) groups excluding carboxylic acids is 1. The molecule has 1 unspecified atom stereocenters. The molecule has 0 aliphatic carbocycles. The number of nitro benzene ring substituents is 1. The molecule has 1 atom stereocenters. The highest BCUT2D eigenvalue weighted by Gasteiger charge is 2.31. The van der Waals surface area contributed by atoms with E-state index < -0.39 is 4.92 Å². The number of likely N-dealkylation sites (tertiary alicyclic amines) is 1. The van der Waals surface area contributed by atoms with E-state index in [1.165, 1.54) is 12.1 Å². The van der Waals surface area contributed by atoms with Crippen LogP contribution in [0.1, 0.15) is 41.2 Å². The lowest BCUT2D eigenvalue weighted by atomic mass is 10.0. The van der Waals surface area contributed by atoms with Gasteiger partial charge in [-0.25, -0.2) is 0 Å². The summed E-state index contributed by atoms with van der Waals surface area (Å²) in [5.41, 5.74) is 1.26. The smallest absolute Gasteiger partial charge is 0.270 e. The molecule has 7 nitrogen and oxygen atoms in total. The first-order chi connectivity index (χ1) is 13.1. The fourth-order valence-corrected chi connectivity index (χ4v) is 3.66. The van der Waals surface area contributed by atoms with Gasteiger partial charge < -0.3 is 14.4 Å². The van der Waals surface area contributed by atoms with Crippen molar-refractivity contribution in [2.75, 3.05) is 19.8 Å². The number of rotatable bonds is 3. The Bertz CT molecular complexity index is 882. The Morgan fingerprint density at radius 3 is 2.70 bits per heavy atom. The number of hydrogen-bond donors (Lipinski definition) is 0. The van der Waals surface area contributed by atoms with Crippen LogP contribution in [0, 0.1) is 10.1 Å². The maximum Gasteiger partial charge on any atom is 0.270 e. The van der Waals surface area contributed by atoms with E-state index in [1.807, 2.05) is 18.2 Å². The molecule has 2 aliphatic rings. The number of non-ortho nitro benzene ring substituents is 1. The monoisotopic (exact) mass is 368 g/mol. The summed E-state index contributed by atoms with van der Waals surface area (Å²) in [5, 5.41) is 11.0. The van der Waals surface area contributed by atoms with Crippen LogP contribution >= 0.6 is 0 Å². The van der Waals surface area contributed by atoms with Gasteiger partial charge in [0.2, 0.25) is 0 Å². The number of nitro groups is 1. The minimum absolute atomic E-state index is 0.0751.